The normalized spacial score (nSPS) is 23.8. The molecule has 0 bridgehead atoms. The topological polar surface area (TPSA) is 53.8 Å². The molecule has 0 saturated carbocycles. The molecule has 2 heterocycles. The van der Waals surface area contributed by atoms with E-state index in [1.807, 2.05) is 30.3 Å². The number of hydrogen-bond acceptors (Lipinski definition) is 4. The van der Waals surface area contributed by atoms with Gasteiger partial charge < -0.3 is 5.32 Å². The number of halogens is 1. The molecular formula is C13H10IN3OS. The Kier molecular flexibility index (Phi) is 3.69. The third-order valence-electron chi connectivity index (χ3n) is 2.78. The number of fused-ring (bicyclic) bond motifs is 1. The smallest absolute Gasteiger partial charge is 0.235 e. The molecule has 0 aromatic heterocycles. The molecule has 1 unspecified atom stereocenters. The predicted molar refractivity (Wildman–Crippen MR) is 86.7 cm³/mol. The average molecular weight is 383 g/mol. The van der Waals surface area contributed by atoms with Gasteiger partial charge in [0.25, 0.3) is 0 Å². The standard InChI is InChI=1S/C13H10IN3OS/c14-8-3-5-9(6-4-8)16-13-17-11(18)10-2-1-7-15-12(10)19-13/h1,3-7,10H,2H2,(H,16,17,18). The van der Waals surface area contributed by atoms with Gasteiger partial charge >= 0.3 is 0 Å². The number of amides is 1. The Hall–Kier alpha value is -1.15. The van der Waals surface area contributed by atoms with Crippen LogP contribution in [0.5, 0.6) is 0 Å². The van der Waals surface area contributed by atoms with Crippen LogP contribution in [0, 0.1) is 9.49 Å². The second-order valence-electron chi connectivity index (χ2n) is 4.13. The molecule has 2 aliphatic rings. The van der Waals surface area contributed by atoms with Crippen molar-refractivity contribution < 1.29 is 4.79 Å². The molecule has 1 aromatic carbocycles. The molecule has 96 valence electrons. The van der Waals surface area contributed by atoms with Crippen molar-refractivity contribution in [3.63, 3.8) is 0 Å². The number of hydrogen-bond donors (Lipinski definition) is 1. The van der Waals surface area contributed by atoms with E-state index in [0.29, 0.717) is 11.6 Å². The van der Waals surface area contributed by atoms with Gasteiger partial charge in [0.2, 0.25) is 5.91 Å². The second kappa shape index (κ2) is 5.46. The highest BCUT2D eigenvalue weighted by atomic mass is 127. The minimum absolute atomic E-state index is 0.0221. The number of aliphatic imine (C=N–C) groups is 2. The molecular weight excluding hydrogens is 373 g/mol. The van der Waals surface area contributed by atoms with E-state index >= 15 is 0 Å². The number of rotatable bonds is 1. The summed E-state index contributed by atoms with van der Waals surface area (Å²) in [6, 6.07) is 7.82. The van der Waals surface area contributed by atoms with Crippen LogP contribution in [0.4, 0.5) is 5.69 Å². The first-order chi connectivity index (χ1) is 9.22. The largest absolute Gasteiger partial charge is 0.304 e. The number of carbonyl (C=O) groups excluding carboxylic acids is 1. The number of allylic oxidation sites excluding steroid dienone is 1. The summed E-state index contributed by atoms with van der Waals surface area (Å²) < 4.78 is 1.16. The highest BCUT2D eigenvalue weighted by Gasteiger charge is 2.32. The summed E-state index contributed by atoms with van der Waals surface area (Å²) in [5, 5.41) is 4.26. The van der Waals surface area contributed by atoms with Crippen LogP contribution in [0.25, 0.3) is 0 Å². The van der Waals surface area contributed by atoms with E-state index < -0.39 is 0 Å². The number of benzene rings is 1. The molecule has 1 aromatic rings. The van der Waals surface area contributed by atoms with Gasteiger partial charge in [-0.2, -0.15) is 0 Å². The third kappa shape index (κ3) is 2.89. The van der Waals surface area contributed by atoms with Crippen molar-refractivity contribution in [2.45, 2.75) is 6.42 Å². The summed E-state index contributed by atoms with van der Waals surface area (Å²) in [7, 11) is 0. The summed E-state index contributed by atoms with van der Waals surface area (Å²) in [5.74, 6) is -0.170. The Morgan fingerprint density at radius 2 is 2.16 bits per heavy atom. The average Bonchev–Trinajstić information content (AvgIpc) is 2.42. The summed E-state index contributed by atoms with van der Waals surface area (Å²) in [4.78, 5) is 20.7. The lowest BCUT2D eigenvalue weighted by Gasteiger charge is -2.24. The maximum absolute atomic E-state index is 12.0. The molecule has 3 rings (SSSR count). The summed E-state index contributed by atoms with van der Waals surface area (Å²) in [5.41, 5.74) is 0.827. The quantitative estimate of drug-likeness (QED) is 0.758. The number of nitrogens with one attached hydrogen (secondary N) is 1. The lowest BCUT2D eigenvalue weighted by atomic mass is 10.0. The van der Waals surface area contributed by atoms with E-state index in [4.69, 9.17) is 0 Å². The van der Waals surface area contributed by atoms with Crippen molar-refractivity contribution in [2.24, 2.45) is 15.9 Å². The van der Waals surface area contributed by atoms with Crippen LogP contribution in [-0.4, -0.2) is 16.1 Å². The Morgan fingerprint density at radius 3 is 2.95 bits per heavy atom. The molecule has 1 amide bonds. The molecule has 0 radical (unpaired) electrons. The highest BCUT2D eigenvalue weighted by Crippen LogP contribution is 2.27. The molecule has 0 aliphatic carbocycles. The van der Waals surface area contributed by atoms with Crippen molar-refractivity contribution in [3.8, 4) is 0 Å². The number of thioether (sulfide) groups is 1. The first-order valence-corrected chi connectivity index (χ1v) is 7.67. The Bertz CT molecular complexity index is 607. The van der Waals surface area contributed by atoms with Crippen LogP contribution in [0.3, 0.4) is 0 Å². The Balaban J connectivity index is 1.86. The molecule has 1 N–H and O–H groups in total. The Labute approximate surface area is 128 Å². The van der Waals surface area contributed by atoms with Crippen molar-refractivity contribution in [2.75, 3.05) is 0 Å². The van der Waals surface area contributed by atoms with Crippen LogP contribution in [-0.2, 0) is 4.79 Å². The van der Waals surface area contributed by atoms with E-state index in [-0.39, 0.29) is 11.8 Å². The molecule has 1 saturated heterocycles. The minimum atomic E-state index is -0.148. The van der Waals surface area contributed by atoms with Gasteiger partial charge in [0, 0.05) is 9.77 Å². The molecule has 19 heavy (non-hydrogen) atoms. The maximum atomic E-state index is 12.0. The van der Waals surface area contributed by atoms with Gasteiger partial charge in [-0.1, -0.05) is 6.08 Å². The van der Waals surface area contributed by atoms with Crippen LogP contribution >= 0.6 is 34.4 Å². The van der Waals surface area contributed by atoms with Crippen molar-refractivity contribution in [1.82, 2.24) is 5.32 Å². The third-order valence-corrected chi connectivity index (χ3v) is 4.49. The summed E-state index contributed by atoms with van der Waals surface area (Å²) in [6.45, 7) is 0. The van der Waals surface area contributed by atoms with E-state index in [9.17, 15) is 4.79 Å². The SMILES string of the molecule is O=C1NC(=Nc2ccc(I)cc2)SC2=NC=CCC12. The summed E-state index contributed by atoms with van der Waals surface area (Å²) >= 11 is 3.68. The van der Waals surface area contributed by atoms with E-state index in [1.165, 1.54) is 11.8 Å². The number of carbonyl (C=O) groups is 1. The zero-order valence-corrected chi connectivity index (χ0v) is 12.8. The van der Waals surface area contributed by atoms with E-state index in [0.717, 1.165) is 14.3 Å². The first kappa shape index (κ1) is 12.9. The number of amidine groups is 1. The summed E-state index contributed by atoms with van der Waals surface area (Å²) in [6.07, 6.45) is 4.38. The van der Waals surface area contributed by atoms with Crippen LogP contribution < -0.4 is 5.32 Å². The van der Waals surface area contributed by atoms with Gasteiger partial charge in [-0.15, -0.1) is 0 Å². The van der Waals surface area contributed by atoms with Gasteiger partial charge in [-0.25, -0.2) is 4.99 Å². The molecule has 0 spiro atoms. The molecule has 4 nitrogen and oxygen atoms in total. The van der Waals surface area contributed by atoms with Crippen LogP contribution in [0.2, 0.25) is 0 Å². The molecule has 2 aliphatic heterocycles. The Morgan fingerprint density at radius 1 is 1.37 bits per heavy atom. The van der Waals surface area contributed by atoms with Crippen LogP contribution in [0.1, 0.15) is 6.42 Å². The molecule has 1 fully saturated rings. The fraction of sp³-hybridized carbons (Fsp3) is 0.154. The highest BCUT2D eigenvalue weighted by molar-refractivity contribution is 14.1. The molecule has 1 atom stereocenters. The lowest BCUT2D eigenvalue weighted by molar-refractivity contribution is -0.121. The minimum Gasteiger partial charge on any atom is -0.304 e. The zero-order valence-electron chi connectivity index (χ0n) is 9.84. The van der Waals surface area contributed by atoms with Gasteiger partial charge in [0.05, 0.1) is 16.6 Å². The van der Waals surface area contributed by atoms with Gasteiger partial charge in [0.1, 0.15) is 0 Å². The second-order valence-corrected chi connectivity index (χ2v) is 6.38. The van der Waals surface area contributed by atoms with Gasteiger partial charge in [-0.05, 0) is 65.0 Å². The first-order valence-electron chi connectivity index (χ1n) is 5.78. The zero-order chi connectivity index (χ0) is 13.2. The lowest BCUT2D eigenvalue weighted by Crippen LogP contribution is -2.43. The van der Waals surface area contributed by atoms with E-state index in [1.54, 1.807) is 6.20 Å². The van der Waals surface area contributed by atoms with Crippen molar-refractivity contribution in [1.29, 1.82) is 0 Å². The fourth-order valence-corrected chi connectivity index (χ4v) is 3.15. The van der Waals surface area contributed by atoms with Crippen molar-refractivity contribution in [3.05, 3.63) is 40.1 Å². The monoisotopic (exact) mass is 383 g/mol. The van der Waals surface area contributed by atoms with E-state index in [2.05, 4.69) is 37.9 Å². The number of nitrogens with zero attached hydrogens (tertiary/aromatic N) is 2. The van der Waals surface area contributed by atoms with Gasteiger partial charge in [0.15, 0.2) is 5.17 Å². The van der Waals surface area contributed by atoms with Crippen LogP contribution in [0.15, 0.2) is 46.5 Å². The van der Waals surface area contributed by atoms with Gasteiger partial charge in [-0.3, -0.25) is 9.79 Å². The van der Waals surface area contributed by atoms with Crippen molar-refractivity contribution >= 4 is 56.2 Å². The maximum Gasteiger partial charge on any atom is 0.235 e. The fourth-order valence-electron chi connectivity index (χ4n) is 1.83. The predicted octanol–water partition coefficient (Wildman–Crippen LogP) is 3.07. The molecule has 6 heteroatoms.